The fourth-order valence-corrected chi connectivity index (χ4v) is 4.01. The Morgan fingerprint density at radius 1 is 1.35 bits per heavy atom. The van der Waals surface area contributed by atoms with E-state index in [9.17, 15) is 9.18 Å². The molecular weight excluding hydrogens is 311 g/mol. The molecule has 1 aromatic carbocycles. The molecule has 2 heterocycles. The number of hydrogen-bond acceptors (Lipinski definition) is 3. The highest BCUT2D eigenvalue weighted by molar-refractivity contribution is 7.10. The molecule has 2 aromatic rings. The lowest BCUT2D eigenvalue weighted by Crippen LogP contribution is -2.40. The molecule has 3 rings (SSSR count). The van der Waals surface area contributed by atoms with Gasteiger partial charge in [0.05, 0.1) is 12.6 Å². The summed E-state index contributed by atoms with van der Waals surface area (Å²) in [5.74, 6) is -0.111. The molecule has 0 saturated carbocycles. The lowest BCUT2D eigenvalue weighted by atomic mass is 10.2. The molecule has 0 N–H and O–H groups in total. The Balaban J connectivity index is 1.70. The maximum atomic E-state index is 13.1. The number of hydrogen-bond donors (Lipinski definition) is 0. The van der Waals surface area contributed by atoms with Crippen molar-refractivity contribution in [2.75, 3.05) is 24.5 Å². The first kappa shape index (κ1) is 16.0. The summed E-state index contributed by atoms with van der Waals surface area (Å²) < 4.78 is 13.1. The van der Waals surface area contributed by atoms with E-state index >= 15 is 0 Å². The highest BCUT2D eigenvalue weighted by Gasteiger charge is 2.31. The highest BCUT2D eigenvalue weighted by atomic mass is 32.1. The molecule has 1 amide bonds. The first-order chi connectivity index (χ1) is 11.2. The van der Waals surface area contributed by atoms with E-state index in [0.29, 0.717) is 6.54 Å². The van der Waals surface area contributed by atoms with Crippen molar-refractivity contribution in [3.63, 3.8) is 0 Å². The molecule has 5 heteroatoms. The Kier molecular flexibility index (Phi) is 4.96. The zero-order valence-corrected chi connectivity index (χ0v) is 14.1. The van der Waals surface area contributed by atoms with Crippen LogP contribution >= 0.6 is 11.3 Å². The van der Waals surface area contributed by atoms with E-state index < -0.39 is 0 Å². The van der Waals surface area contributed by atoms with Crippen LogP contribution in [0, 0.1) is 5.82 Å². The van der Waals surface area contributed by atoms with Crippen LogP contribution in [-0.2, 0) is 4.79 Å². The Morgan fingerprint density at radius 3 is 2.78 bits per heavy atom. The average molecular weight is 332 g/mol. The van der Waals surface area contributed by atoms with Crippen LogP contribution in [0.3, 0.4) is 0 Å². The number of halogens is 1. The van der Waals surface area contributed by atoms with E-state index in [1.165, 1.54) is 17.0 Å². The number of amides is 1. The summed E-state index contributed by atoms with van der Waals surface area (Å²) in [4.78, 5) is 18.0. The van der Waals surface area contributed by atoms with Gasteiger partial charge in [-0.25, -0.2) is 4.39 Å². The van der Waals surface area contributed by atoms with Crippen LogP contribution in [0.5, 0.6) is 0 Å². The number of likely N-dealkylation sites (N-methyl/N-ethyl adjacent to an activating group) is 1. The molecular formula is C18H21FN2OS. The molecule has 1 aliphatic heterocycles. The molecule has 122 valence electrons. The minimum atomic E-state index is -0.256. The molecule has 3 nitrogen and oxygen atoms in total. The van der Waals surface area contributed by atoms with Gasteiger partial charge >= 0.3 is 0 Å². The molecule has 1 aliphatic rings. The Labute approximate surface area is 140 Å². The lowest BCUT2D eigenvalue weighted by Gasteiger charge is -2.29. The summed E-state index contributed by atoms with van der Waals surface area (Å²) in [5, 5.41) is 2.06. The van der Waals surface area contributed by atoms with E-state index in [2.05, 4.69) is 11.4 Å². The van der Waals surface area contributed by atoms with E-state index in [4.69, 9.17) is 0 Å². The molecule has 0 aliphatic carbocycles. The van der Waals surface area contributed by atoms with Crippen molar-refractivity contribution < 1.29 is 9.18 Å². The summed E-state index contributed by atoms with van der Waals surface area (Å²) >= 11 is 1.71. The van der Waals surface area contributed by atoms with Crippen molar-refractivity contribution >= 4 is 22.9 Å². The quantitative estimate of drug-likeness (QED) is 0.824. The van der Waals surface area contributed by atoms with Gasteiger partial charge in [-0.1, -0.05) is 6.07 Å². The molecule has 0 spiro atoms. The monoisotopic (exact) mass is 332 g/mol. The molecule has 1 fully saturated rings. The SMILES string of the molecule is CCN(CC(=O)N1CCCC1c1cccs1)c1ccc(F)cc1. The molecule has 0 bridgehead atoms. The van der Waals surface area contributed by atoms with E-state index in [1.54, 1.807) is 23.5 Å². The van der Waals surface area contributed by atoms with Crippen LogP contribution < -0.4 is 4.90 Å². The highest BCUT2D eigenvalue weighted by Crippen LogP contribution is 2.34. The summed E-state index contributed by atoms with van der Waals surface area (Å²) in [5.41, 5.74) is 0.883. The second-order valence-electron chi connectivity index (χ2n) is 5.75. The topological polar surface area (TPSA) is 23.6 Å². The van der Waals surface area contributed by atoms with E-state index in [1.807, 2.05) is 22.8 Å². The maximum absolute atomic E-state index is 13.1. The number of anilines is 1. The van der Waals surface area contributed by atoms with Crippen LogP contribution in [0.1, 0.15) is 30.7 Å². The van der Waals surface area contributed by atoms with Crippen LogP contribution in [0.2, 0.25) is 0 Å². The predicted octanol–water partition coefficient (Wildman–Crippen LogP) is 4.08. The van der Waals surface area contributed by atoms with Gasteiger partial charge in [0.1, 0.15) is 5.82 Å². The summed E-state index contributed by atoms with van der Waals surface area (Å²) in [6.45, 7) is 3.89. The summed E-state index contributed by atoms with van der Waals surface area (Å²) in [6.07, 6.45) is 2.09. The van der Waals surface area contributed by atoms with Crippen molar-refractivity contribution in [1.29, 1.82) is 0 Å². The first-order valence-electron chi connectivity index (χ1n) is 8.02. The summed E-state index contributed by atoms with van der Waals surface area (Å²) in [7, 11) is 0. The maximum Gasteiger partial charge on any atom is 0.242 e. The van der Waals surface area contributed by atoms with Crippen molar-refractivity contribution in [2.24, 2.45) is 0 Å². The predicted molar refractivity (Wildman–Crippen MR) is 92.3 cm³/mol. The Hall–Kier alpha value is -1.88. The Morgan fingerprint density at radius 2 is 2.13 bits per heavy atom. The normalized spacial score (nSPS) is 17.5. The third-order valence-corrected chi connectivity index (χ3v) is 5.32. The third kappa shape index (κ3) is 3.55. The van der Waals surface area contributed by atoms with Crippen LogP contribution in [0.25, 0.3) is 0 Å². The minimum Gasteiger partial charge on any atom is -0.362 e. The van der Waals surface area contributed by atoms with Crippen molar-refractivity contribution in [2.45, 2.75) is 25.8 Å². The molecule has 1 saturated heterocycles. The second-order valence-corrected chi connectivity index (χ2v) is 6.73. The smallest absolute Gasteiger partial charge is 0.242 e. The number of thiophene rings is 1. The molecule has 0 radical (unpaired) electrons. The number of nitrogens with zero attached hydrogens (tertiary/aromatic N) is 2. The van der Waals surface area contributed by atoms with Gasteiger partial charge in [0.25, 0.3) is 0 Å². The standard InChI is InChI=1S/C18H21FN2OS/c1-2-20(15-9-7-14(19)8-10-15)13-18(22)21-11-3-5-16(21)17-6-4-12-23-17/h4,6-10,12,16H,2-3,5,11,13H2,1H3. The fourth-order valence-electron chi connectivity index (χ4n) is 3.13. The molecule has 23 heavy (non-hydrogen) atoms. The first-order valence-corrected chi connectivity index (χ1v) is 8.90. The number of carbonyl (C=O) groups excluding carboxylic acids is 1. The number of carbonyl (C=O) groups is 1. The van der Waals surface area contributed by atoms with Gasteiger partial charge in [-0.3, -0.25) is 4.79 Å². The minimum absolute atomic E-state index is 0.145. The molecule has 1 atom stereocenters. The van der Waals surface area contributed by atoms with E-state index in [0.717, 1.165) is 31.6 Å². The van der Waals surface area contributed by atoms with Gasteiger partial charge in [-0.05, 0) is 55.5 Å². The average Bonchev–Trinajstić information content (AvgIpc) is 3.23. The van der Waals surface area contributed by atoms with Crippen LogP contribution in [0.15, 0.2) is 41.8 Å². The zero-order valence-electron chi connectivity index (χ0n) is 13.2. The lowest BCUT2D eigenvalue weighted by molar-refractivity contribution is -0.130. The van der Waals surface area contributed by atoms with Gasteiger partial charge in [-0.2, -0.15) is 0 Å². The summed E-state index contributed by atoms with van der Waals surface area (Å²) in [6, 6.07) is 10.7. The van der Waals surface area contributed by atoms with Crippen LogP contribution in [0.4, 0.5) is 10.1 Å². The van der Waals surface area contributed by atoms with Gasteiger partial charge < -0.3 is 9.80 Å². The van der Waals surface area contributed by atoms with E-state index in [-0.39, 0.29) is 17.8 Å². The number of likely N-dealkylation sites (tertiary alicyclic amines) is 1. The van der Waals surface area contributed by atoms with Crippen molar-refractivity contribution in [1.82, 2.24) is 4.90 Å². The molecule has 1 unspecified atom stereocenters. The van der Waals surface area contributed by atoms with Gasteiger partial charge in [0.2, 0.25) is 5.91 Å². The Bertz CT molecular complexity index is 642. The van der Waals surface area contributed by atoms with Crippen molar-refractivity contribution in [3.05, 3.63) is 52.5 Å². The largest absolute Gasteiger partial charge is 0.362 e. The van der Waals surface area contributed by atoms with Gasteiger partial charge in [-0.15, -0.1) is 11.3 Å². The molecule has 1 aromatic heterocycles. The van der Waals surface area contributed by atoms with Crippen molar-refractivity contribution in [3.8, 4) is 0 Å². The zero-order chi connectivity index (χ0) is 16.2. The second kappa shape index (κ2) is 7.13. The van der Waals surface area contributed by atoms with Gasteiger partial charge in [0, 0.05) is 23.7 Å². The number of rotatable bonds is 5. The fraction of sp³-hybridized carbons (Fsp3) is 0.389. The van der Waals surface area contributed by atoms with Gasteiger partial charge in [0.15, 0.2) is 0 Å². The third-order valence-electron chi connectivity index (χ3n) is 4.34. The van der Waals surface area contributed by atoms with Crippen LogP contribution in [-0.4, -0.2) is 30.4 Å². The number of benzene rings is 1.